The second-order valence-corrected chi connectivity index (χ2v) is 15.8. The van der Waals surface area contributed by atoms with Crippen LogP contribution in [0.4, 0.5) is 4.79 Å². The molecule has 1 heterocycles. The highest BCUT2D eigenvalue weighted by molar-refractivity contribution is 7.05. The van der Waals surface area contributed by atoms with Crippen LogP contribution in [0.2, 0.25) is 5.04 Å². The van der Waals surface area contributed by atoms with Gasteiger partial charge < -0.3 is 30.1 Å². The van der Waals surface area contributed by atoms with Crippen molar-refractivity contribution >= 4 is 24.5 Å². The molecule has 1 saturated heterocycles. The minimum absolute atomic E-state index is 0.442. The number of nitrogens with one attached hydrogen (secondary N) is 1. The van der Waals surface area contributed by atoms with Crippen molar-refractivity contribution < 1.29 is 31.0 Å². The predicted molar refractivity (Wildman–Crippen MR) is 153 cm³/mol. The quantitative estimate of drug-likeness (QED) is 0.310. The molecule has 1 amide bonds. The van der Waals surface area contributed by atoms with Crippen molar-refractivity contribution in [3.05, 3.63) is 96.6 Å². The van der Waals surface area contributed by atoms with Crippen molar-refractivity contribution in [2.24, 2.45) is 0 Å². The lowest BCUT2D eigenvalue weighted by atomic mass is 10.0. The molecule has 1 aliphatic heterocycles. The summed E-state index contributed by atoms with van der Waals surface area (Å²) in [6.07, 6.45) is -6.80. The summed E-state index contributed by atoms with van der Waals surface area (Å²) in [6, 6.07) is 28.1. The Morgan fingerprint density at radius 3 is 1.93 bits per heavy atom. The Balaban J connectivity index is 1.63. The van der Waals surface area contributed by atoms with E-state index in [0.29, 0.717) is 5.56 Å². The SMILES string of the molecule is [2H]C(OC(=O)NC(C#N)[C@@H]1O[C@H](C(O)[Si](c2ccccc2)(c2ccccc2)C(C)(C)C)[C@@H](O)[C@H]1O)c1ccccc1. The third kappa shape index (κ3) is 5.68. The summed E-state index contributed by atoms with van der Waals surface area (Å²) < 4.78 is 19.3. The number of aliphatic hydroxyl groups is 3. The smallest absolute Gasteiger partial charge is 0.408 e. The average Bonchev–Trinajstić information content (AvgIpc) is 3.26. The van der Waals surface area contributed by atoms with Gasteiger partial charge in [0.2, 0.25) is 0 Å². The maximum Gasteiger partial charge on any atom is 0.408 e. The van der Waals surface area contributed by atoms with Crippen molar-refractivity contribution in [1.29, 1.82) is 5.26 Å². The molecular formula is C31H36N2O6Si. The number of benzene rings is 3. The molecule has 3 aromatic rings. The summed E-state index contributed by atoms with van der Waals surface area (Å²) >= 11 is 0. The fraction of sp³-hybridized carbons (Fsp3) is 0.355. The molecule has 8 nitrogen and oxygen atoms in total. The van der Waals surface area contributed by atoms with Crippen LogP contribution in [0.15, 0.2) is 91.0 Å². The summed E-state index contributed by atoms with van der Waals surface area (Å²) in [4.78, 5) is 12.6. The van der Waals surface area contributed by atoms with Gasteiger partial charge in [0.25, 0.3) is 0 Å². The van der Waals surface area contributed by atoms with Gasteiger partial charge in [0, 0.05) is 0 Å². The lowest BCUT2D eigenvalue weighted by molar-refractivity contribution is -0.0449. The van der Waals surface area contributed by atoms with Crippen LogP contribution in [0.25, 0.3) is 0 Å². The number of nitrogens with zero attached hydrogens (tertiary/aromatic N) is 1. The fourth-order valence-corrected chi connectivity index (χ4v) is 11.6. The number of ether oxygens (including phenoxy) is 2. The Bertz CT molecular complexity index is 1300. The van der Waals surface area contributed by atoms with Gasteiger partial charge >= 0.3 is 6.09 Å². The highest BCUT2D eigenvalue weighted by Crippen LogP contribution is 2.41. The van der Waals surface area contributed by atoms with E-state index in [1.807, 2.05) is 87.5 Å². The molecule has 210 valence electrons. The van der Waals surface area contributed by atoms with E-state index in [1.165, 1.54) is 0 Å². The number of aliphatic hydroxyl groups excluding tert-OH is 3. The first-order valence-corrected chi connectivity index (χ1v) is 15.2. The van der Waals surface area contributed by atoms with Crippen LogP contribution in [0.1, 0.15) is 27.7 Å². The standard InChI is InChI=1S/C31H36N2O6Si/c1-31(2,3)40(22-15-9-5-10-16-22,23-17-11-6-12-18-23)29(36)28-26(35)25(34)27(39-28)24(19-32)33-30(37)38-20-21-13-7-4-8-14-21/h4-18,24-29,34-36H,20H2,1-3H3,(H,33,37)/t24?,25-,26+,27+,28+,29?/m1/s1/i20D/t20?,24?,25-,26+,27+,28+,29?. The van der Waals surface area contributed by atoms with Gasteiger partial charge in [-0.2, -0.15) is 5.26 Å². The second-order valence-electron chi connectivity index (χ2n) is 11.0. The zero-order valence-electron chi connectivity index (χ0n) is 23.7. The molecule has 0 spiro atoms. The molecule has 1 aliphatic rings. The lowest BCUT2D eigenvalue weighted by Gasteiger charge is -2.49. The summed E-state index contributed by atoms with van der Waals surface area (Å²) in [7, 11) is -3.22. The first kappa shape index (κ1) is 28.0. The van der Waals surface area contributed by atoms with E-state index in [-0.39, 0.29) is 0 Å². The summed E-state index contributed by atoms with van der Waals surface area (Å²) in [6.45, 7) is 4.78. The van der Waals surface area contributed by atoms with Gasteiger partial charge in [0.15, 0.2) is 8.07 Å². The van der Waals surface area contributed by atoms with E-state index in [1.54, 1.807) is 30.3 Å². The highest BCUT2D eigenvalue weighted by atomic mass is 28.3. The summed E-state index contributed by atoms with van der Waals surface area (Å²) in [5.74, 6) is 0. The van der Waals surface area contributed by atoms with E-state index in [9.17, 15) is 25.4 Å². The predicted octanol–water partition coefficient (Wildman–Crippen LogP) is 2.26. The topological polar surface area (TPSA) is 132 Å². The number of carbonyl (C=O) groups is 1. The van der Waals surface area contributed by atoms with E-state index < -0.39 is 62.0 Å². The Hall–Kier alpha value is -3.52. The van der Waals surface area contributed by atoms with Gasteiger partial charge in [-0.05, 0) is 10.6 Å². The van der Waals surface area contributed by atoms with E-state index in [4.69, 9.17) is 10.8 Å². The van der Waals surface area contributed by atoms with Crippen molar-refractivity contribution in [3.63, 3.8) is 0 Å². The molecule has 0 aromatic heterocycles. The fourth-order valence-electron chi connectivity index (χ4n) is 5.74. The largest absolute Gasteiger partial charge is 0.445 e. The molecule has 7 atom stereocenters. The molecule has 4 N–H and O–H groups in total. The van der Waals surface area contributed by atoms with E-state index >= 15 is 0 Å². The molecule has 9 heteroatoms. The number of carbonyl (C=O) groups excluding carboxylic acids is 1. The molecule has 0 aliphatic carbocycles. The first-order valence-electron chi connectivity index (χ1n) is 13.7. The maximum atomic E-state index is 12.6. The number of amides is 1. The Morgan fingerprint density at radius 1 is 0.975 bits per heavy atom. The molecule has 0 saturated carbocycles. The Morgan fingerprint density at radius 2 is 1.45 bits per heavy atom. The van der Waals surface area contributed by atoms with E-state index in [0.717, 1.165) is 10.4 Å². The van der Waals surface area contributed by atoms with Gasteiger partial charge in [-0.25, -0.2) is 4.79 Å². The molecule has 1 fully saturated rings. The molecule has 0 bridgehead atoms. The number of rotatable bonds is 8. The highest BCUT2D eigenvalue weighted by Gasteiger charge is 2.60. The van der Waals surface area contributed by atoms with Crippen molar-refractivity contribution in [1.82, 2.24) is 5.32 Å². The van der Waals surface area contributed by atoms with Crippen LogP contribution in [-0.2, 0) is 16.1 Å². The number of hydrogen-bond donors (Lipinski definition) is 4. The van der Waals surface area contributed by atoms with Crippen molar-refractivity contribution in [2.75, 3.05) is 0 Å². The summed E-state index contributed by atoms with van der Waals surface area (Å²) in [5, 5.41) is 48.0. The normalized spacial score (nSPS) is 23.8. The number of hydrogen-bond acceptors (Lipinski definition) is 7. The van der Waals surface area contributed by atoms with Gasteiger partial charge in [0.05, 0.1) is 13.2 Å². The maximum absolute atomic E-state index is 12.6. The van der Waals surface area contributed by atoms with Gasteiger partial charge in [-0.15, -0.1) is 0 Å². The van der Waals surface area contributed by atoms with Crippen LogP contribution in [0.3, 0.4) is 0 Å². The number of alkyl carbamates (subject to hydrolysis) is 1. The third-order valence-electron chi connectivity index (χ3n) is 7.58. The van der Waals surface area contributed by atoms with Crippen LogP contribution in [0.5, 0.6) is 0 Å². The van der Waals surface area contributed by atoms with Crippen LogP contribution < -0.4 is 15.7 Å². The molecule has 3 unspecified atom stereocenters. The lowest BCUT2D eigenvalue weighted by Crippen LogP contribution is -2.75. The monoisotopic (exact) mass is 561 g/mol. The molecule has 4 rings (SSSR count). The zero-order chi connectivity index (χ0) is 29.8. The van der Waals surface area contributed by atoms with Gasteiger partial charge in [-0.1, -0.05) is 122 Å². The molecule has 40 heavy (non-hydrogen) atoms. The van der Waals surface area contributed by atoms with Crippen LogP contribution in [-0.4, -0.2) is 65.7 Å². The Kier molecular flexibility index (Phi) is 8.64. The zero-order valence-corrected chi connectivity index (χ0v) is 23.7. The third-order valence-corrected chi connectivity index (χ3v) is 13.6. The first-order chi connectivity index (χ1) is 19.5. The van der Waals surface area contributed by atoms with Gasteiger partial charge in [0.1, 0.15) is 37.0 Å². The molecular weight excluding hydrogens is 524 g/mol. The minimum Gasteiger partial charge on any atom is -0.445 e. The van der Waals surface area contributed by atoms with Gasteiger partial charge in [-0.3, -0.25) is 0 Å². The second kappa shape index (κ2) is 12.3. The van der Waals surface area contributed by atoms with Crippen LogP contribution >= 0.6 is 0 Å². The molecule has 3 aromatic carbocycles. The Labute approximate surface area is 237 Å². The van der Waals surface area contributed by atoms with E-state index in [2.05, 4.69) is 5.32 Å². The minimum atomic E-state index is -3.22. The van der Waals surface area contributed by atoms with Crippen molar-refractivity contribution in [3.8, 4) is 6.07 Å². The number of nitriles is 1. The summed E-state index contributed by atoms with van der Waals surface area (Å²) in [5.41, 5.74) is -0.804. The average molecular weight is 562 g/mol. The molecule has 0 radical (unpaired) electrons. The van der Waals surface area contributed by atoms with Crippen molar-refractivity contribution in [2.45, 2.75) is 68.6 Å². The van der Waals surface area contributed by atoms with Crippen LogP contribution in [0, 0.1) is 11.3 Å².